The van der Waals surface area contributed by atoms with Gasteiger partial charge in [0.2, 0.25) is 5.91 Å². The lowest BCUT2D eigenvalue weighted by Gasteiger charge is -2.10. The molecule has 1 aromatic heterocycles. The van der Waals surface area contributed by atoms with Crippen LogP contribution in [-0.2, 0) is 11.2 Å². The second kappa shape index (κ2) is 7.98. The molecule has 0 unspecified atom stereocenters. The molecule has 1 N–H and O–H groups in total. The number of benzene rings is 2. The van der Waals surface area contributed by atoms with Gasteiger partial charge in [0.05, 0.1) is 5.69 Å². The molecule has 3 rings (SSSR count). The number of carbonyl (C=O) groups is 1. The molecule has 0 saturated heterocycles. The van der Waals surface area contributed by atoms with Gasteiger partial charge in [-0.05, 0) is 37.1 Å². The normalized spacial score (nSPS) is 10.6. The van der Waals surface area contributed by atoms with Crippen molar-refractivity contribution in [2.75, 3.05) is 11.1 Å². The maximum atomic E-state index is 11.3. The first kappa shape index (κ1) is 17.2. The highest BCUT2D eigenvalue weighted by molar-refractivity contribution is 7.99. The molecule has 6 heteroatoms. The molecule has 0 fully saturated rings. The molecular weight excluding hydrogens is 332 g/mol. The molecule has 2 aromatic carbocycles. The summed E-state index contributed by atoms with van der Waals surface area (Å²) < 4.78 is 2.01. The summed E-state index contributed by atoms with van der Waals surface area (Å²) in [5.41, 5.74) is 3.01. The van der Waals surface area contributed by atoms with Gasteiger partial charge in [0.15, 0.2) is 5.16 Å². The smallest absolute Gasteiger partial charge is 0.221 e. The van der Waals surface area contributed by atoms with Crippen LogP contribution in [0.4, 0.5) is 5.69 Å². The first-order valence-corrected chi connectivity index (χ1v) is 9.09. The van der Waals surface area contributed by atoms with Crippen LogP contribution in [0.25, 0.3) is 5.69 Å². The van der Waals surface area contributed by atoms with E-state index >= 15 is 0 Å². The average molecular weight is 352 g/mol. The molecule has 0 aliphatic rings. The third kappa shape index (κ3) is 4.48. The van der Waals surface area contributed by atoms with Gasteiger partial charge in [-0.25, -0.2) is 0 Å². The van der Waals surface area contributed by atoms with Crippen molar-refractivity contribution >= 4 is 23.4 Å². The van der Waals surface area contributed by atoms with Crippen LogP contribution < -0.4 is 5.32 Å². The fourth-order valence-corrected chi connectivity index (χ4v) is 3.55. The topological polar surface area (TPSA) is 59.8 Å². The molecule has 0 aliphatic heterocycles. The van der Waals surface area contributed by atoms with Gasteiger partial charge >= 0.3 is 0 Å². The average Bonchev–Trinajstić information content (AvgIpc) is 2.96. The van der Waals surface area contributed by atoms with Crippen molar-refractivity contribution < 1.29 is 4.79 Å². The van der Waals surface area contributed by atoms with Crippen LogP contribution in [0.3, 0.4) is 0 Å². The Hall–Kier alpha value is -2.60. The molecule has 0 spiro atoms. The zero-order chi connectivity index (χ0) is 17.6. The number of thioether (sulfide) groups is 1. The summed E-state index contributed by atoms with van der Waals surface area (Å²) in [6, 6.07) is 18.1. The van der Waals surface area contributed by atoms with E-state index in [1.54, 1.807) is 11.8 Å². The number of amides is 1. The number of nitrogens with one attached hydrogen (secondary N) is 1. The molecule has 5 nitrogen and oxygen atoms in total. The molecule has 1 heterocycles. The fraction of sp³-hybridized carbons (Fsp3) is 0.211. The van der Waals surface area contributed by atoms with Gasteiger partial charge in [-0.2, -0.15) is 0 Å². The minimum atomic E-state index is -0.0879. The Morgan fingerprint density at radius 3 is 2.68 bits per heavy atom. The first-order chi connectivity index (χ1) is 12.1. The molecule has 0 aliphatic carbocycles. The number of nitrogens with zero attached hydrogens (tertiary/aromatic N) is 3. The quantitative estimate of drug-likeness (QED) is 0.684. The van der Waals surface area contributed by atoms with Gasteiger partial charge in [0.1, 0.15) is 5.82 Å². The lowest BCUT2D eigenvalue weighted by Crippen LogP contribution is -2.07. The highest BCUT2D eigenvalue weighted by Gasteiger charge is 2.12. The second-order valence-corrected chi connectivity index (χ2v) is 6.74. The van der Waals surface area contributed by atoms with Crippen molar-refractivity contribution in [3.63, 3.8) is 0 Å². The van der Waals surface area contributed by atoms with Crippen molar-refractivity contribution in [1.29, 1.82) is 0 Å². The number of aromatic nitrogens is 3. The minimum absolute atomic E-state index is 0.0879. The SMILES string of the molecule is CC(=O)Nc1cccc(-n2c(C)nnc2SCCc2ccccc2)c1. The van der Waals surface area contributed by atoms with Crippen molar-refractivity contribution in [2.24, 2.45) is 0 Å². The first-order valence-electron chi connectivity index (χ1n) is 8.10. The third-order valence-corrected chi connectivity index (χ3v) is 4.62. The summed E-state index contributed by atoms with van der Waals surface area (Å²) in [6.07, 6.45) is 0.976. The van der Waals surface area contributed by atoms with Crippen LogP contribution in [0.15, 0.2) is 59.8 Å². The third-order valence-electron chi connectivity index (χ3n) is 3.68. The van der Waals surface area contributed by atoms with Gasteiger partial charge in [0.25, 0.3) is 0 Å². The van der Waals surface area contributed by atoms with Crippen LogP contribution in [0, 0.1) is 6.92 Å². The van der Waals surface area contributed by atoms with E-state index in [1.807, 2.05) is 41.8 Å². The molecule has 0 radical (unpaired) electrons. The molecule has 128 valence electrons. The van der Waals surface area contributed by atoms with Crippen LogP contribution >= 0.6 is 11.8 Å². The summed E-state index contributed by atoms with van der Waals surface area (Å²) in [5.74, 6) is 1.66. The maximum Gasteiger partial charge on any atom is 0.221 e. The predicted molar refractivity (Wildman–Crippen MR) is 101 cm³/mol. The molecule has 3 aromatic rings. The Morgan fingerprint density at radius 2 is 1.92 bits per heavy atom. The fourth-order valence-electron chi connectivity index (χ4n) is 2.56. The van der Waals surface area contributed by atoms with E-state index in [0.717, 1.165) is 34.5 Å². The molecular formula is C19H20N4OS. The number of carbonyl (C=O) groups excluding carboxylic acids is 1. The van der Waals surface area contributed by atoms with Crippen LogP contribution in [0.1, 0.15) is 18.3 Å². The molecule has 1 amide bonds. The number of anilines is 1. The minimum Gasteiger partial charge on any atom is -0.326 e. The molecule has 0 atom stereocenters. The summed E-state index contributed by atoms with van der Waals surface area (Å²) in [4.78, 5) is 11.3. The van der Waals surface area contributed by atoms with Gasteiger partial charge in [0, 0.05) is 18.4 Å². The Morgan fingerprint density at radius 1 is 1.12 bits per heavy atom. The van der Waals surface area contributed by atoms with Gasteiger partial charge in [-0.3, -0.25) is 9.36 Å². The van der Waals surface area contributed by atoms with Crippen molar-refractivity contribution in [3.05, 3.63) is 66.0 Å². The molecule has 0 bridgehead atoms. The summed E-state index contributed by atoms with van der Waals surface area (Å²) in [5, 5.41) is 12.2. The molecule has 25 heavy (non-hydrogen) atoms. The van der Waals surface area contributed by atoms with E-state index in [4.69, 9.17) is 0 Å². The standard InChI is InChI=1S/C19H20N4OS/c1-14-21-22-19(25-12-11-16-7-4-3-5-8-16)23(14)18-10-6-9-17(13-18)20-15(2)24/h3-10,13H,11-12H2,1-2H3,(H,20,24). The van der Waals surface area contributed by atoms with Gasteiger partial charge < -0.3 is 5.32 Å². The van der Waals surface area contributed by atoms with E-state index in [0.29, 0.717) is 0 Å². The summed E-state index contributed by atoms with van der Waals surface area (Å²) in [7, 11) is 0. The zero-order valence-electron chi connectivity index (χ0n) is 14.3. The predicted octanol–water partition coefficient (Wildman–Crippen LogP) is 3.87. The van der Waals surface area contributed by atoms with E-state index in [9.17, 15) is 4.79 Å². The Labute approximate surface area is 151 Å². The Kier molecular flexibility index (Phi) is 5.50. The maximum absolute atomic E-state index is 11.3. The number of hydrogen-bond acceptors (Lipinski definition) is 4. The van der Waals surface area contributed by atoms with Crippen molar-refractivity contribution in [1.82, 2.24) is 14.8 Å². The largest absolute Gasteiger partial charge is 0.326 e. The molecule has 0 saturated carbocycles. The zero-order valence-corrected chi connectivity index (χ0v) is 15.1. The van der Waals surface area contributed by atoms with Crippen molar-refractivity contribution in [3.8, 4) is 5.69 Å². The van der Waals surface area contributed by atoms with E-state index < -0.39 is 0 Å². The van der Waals surface area contributed by atoms with E-state index in [2.05, 4.69) is 39.8 Å². The highest BCUT2D eigenvalue weighted by atomic mass is 32.2. The lowest BCUT2D eigenvalue weighted by atomic mass is 10.2. The number of hydrogen-bond donors (Lipinski definition) is 1. The number of aryl methyl sites for hydroxylation is 2. The van der Waals surface area contributed by atoms with Crippen molar-refractivity contribution in [2.45, 2.75) is 25.4 Å². The second-order valence-electron chi connectivity index (χ2n) is 5.68. The summed E-state index contributed by atoms with van der Waals surface area (Å²) >= 11 is 1.68. The highest BCUT2D eigenvalue weighted by Crippen LogP contribution is 2.24. The van der Waals surface area contributed by atoms with E-state index in [1.165, 1.54) is 12.5 Å². The number of rotatable bonds is 6. The van der Waals surface area contributed by atoms with Gasteiger partial charge in [-0.15, -0.1) is 10.2 Å². The van der Waals surface area contributed by atoms with Crippen LogP contribution in [-0.4, -0.2) is 26.4 Å². The Balaban J connectivity index is 1.76. The lowest BCUT2D eigenvalue weighted by molar-refractivity contribution is -0.114. The van der Waals surface area contributed by atoms with Crippen LogP contribution in [0.5, 0.6) is 0 Å². The summed E-state index contributed by atoms with van der Waals surface area (Å²) in [6.45, 7) is 3.43. The Bertz CT molecular complexity index is 861. The van der Waals surface area contributed by atoms with Gasteiger partial charge in [-0.1, -0.05) is 48.2 Å². The van der Waals surface area contributed by atoms with E-state index in [-0.39, 0.29) is 5.91 Å². The monoisotopic (exact) mass is 352 g/mol. The van der Waals surface area contributed by atoms with Crippen LogP contribution in [0.2, 0.25) is 0 Å².